The molecule has 0 radical (unpaired) electrons. The molecule has 1 fully saturated rings. The van der Waals surface area contributed by atoms with Crippen LogP contribution < -0.4 is 49.3 Å². The quantitative estimate of drug-likeness (QED) is 0.00921. The van der Waals surface area contributed by atoms with Gasteiger partial charge in [-0.3, -0.25) is 33.3 Å². The minimum absolute atomic E-state index is 0.00724. The van der Waals surface area contributed by atoms with Crippen LogP contribution >= 0.6 is 0 Å². The van der Waals surface area contributed by atoms with Crippen molar-refractivity contribution in [2.75, 3.05) is 116 Å². The van der Waals surface area contributed by atoms with E-state index in [0.717, 1.165) is 134 Å². The number of nitrogens with zero attached hydrogens (tertiary/aromatic N) is 7. The van der Waals surface area contributed by atoms with Gasteiger partial charge in [-0.1, -0.05) is 81.1 Å². The number of likely N-dealkylation sites (tertiary alicyclic amines) is 1. The van der Waals surface area contributed by atoms with Gasteiger partial charge in [0.05, 0.1) is 56.6 Å². The van der Waals surface area contributed by atoms with Gasteiger partial charge in [0, 0.05) is 106 Å². The number of hydrogen-bond donors (Lipinski definition) is 6. The lowest BCUT2D eigenvalue weighted by atomic mass is 9.51. The van der Waals surface area contributed by atoms with E-state index in [1.807, 2.05) is 18.2 Å². The van der Waals surface area contributed by atoms with Crippen molar-refractivity contribution < 1.29 is 52.1 Å². The Balaban J connectivity index is 0.869. The van der Waals surface area contributed by atoms with Crippen LogP contribution in [0.3, 0.4) is 0 Å². The standard InChI is InChI=1S/C73H101N13O13/c1-83(35-37-95-39-41-97-42-40-96-38-36-84(2)70(92)63-46-53(81-82-77)48-86(63)68(91)49-98-54-25-29-58-62(47-54)85(3)72(94)99-71(58)93)67(90)30-31-73-59-43-50(78-64(87)19-13-7-4-10-16-32-74)22-26-55(59)69(56-27-23-51(44-60(56)73)79-65(88)20-14-8-5-11-17-33-75)57-28-24-52(45-61(57)73)80-66(89)21-15-9-6-12-18-34-76/h22-29,43-45,47,53,63,69H,4-21,30-42,46,48-49,74-76H2,1-3H3,(H,78,87)(H,79,88)(H,80,89)/t53-,63-,69?,73?/m0/s1. The molecule has 9 N–H and O–H groups in total. The second-order valence-electron chi connectivity index (χ2n) is 26.1. The summed E-state index contributed by atoms with van der Waals surface area (Å²) >= 11 is 0. The molecule has 4 aromatic carbocycles. The molecule has 99 heavy (non-hydrogen) atoms. The molecule has 1 aromatic heterocycles. The Morgan fingerprint density at radius 1 is 0.606 bits per heavy atom. The number of anilines is 3. The summed E-state index contributed by atoms with van der Waals surface area (Å²) in [4.78, 5) is 114. The number of aryl methyl sites for hydroxylation is 1. The maximum absolute atomic E-state index is 14.6. The first-order valence-corrected chi connectivity index (χ1v) is 35.3. The van der Waals surface area contributed by atoms with E-state index in [4.69, 9.17) is 46.1 Å². The molecular weight excluding hydrogens is 1270 g/mol. The van der Waals surface area contributed by atoms with Crippen molar-refractivity contribution >= 4 is 63.4 Å². The van der Waals surface area contributed by atoms with E-state index >= 15 is 0 Å². The molecule has 9 rings (SSSR count). The number of nitrogens with two attached hydrogens (primary N) is 3. The maximum Gasteiger partial charge on any atom is 0.422 e. The van der Waals surface area contributed by atoms with Gasteiger partial charge in [-0.2, -0.15) is 0 Å². The number of amides is 6. The van der Waals surface area contributed by atoms with Crippen LogP contribution in [0.25, 0.3) is 21.3 Å². The first-order chi connectivity index (χ1) is 48.0. The number of unbranched alkanes of at least 4 members (excludes halogenated alkanes) is 12. The van der Waals surface area contributed by atoms with Crippen LogP contribution in [-0.2, 0) is 55.4 Å². The predicted octanol–water partition coefficient (Wildman–Crippen LogP) is 8.45. The number of azide groups is 1. The van der Waals surface area contributed by atoms with Gasteiger partial charge in [-0.05, 0) is 158 Å². The fourth-order valence-corrected chi connectivity index (χ4v) is 13.6. The van der Waals surface area contributed by atoms with Crippen molar-refractivity contribution in [1.29, 1.82) is 0 Å². The molecule has 1 saturated heterocycles. The summed E-state index contributed by atoms with van der Waals surface area (Å²) < 4.78 is 29.1. The zero-order chi connectivity index (χ0) is 70.7. The third kappa shape index (κ3) is 20.8. The highest BCUT2D eigenvalue weighted by Crippen LogP contribution is 2.62. The number of fused-ring (bicyclic) bond motifs is 1. The molecular formula is C73H101N13O13. The van der Waals surface area contributed by atoms with Gasteiger partial charge in [-0.25, -0.2) is 9.59 Å². The van der Waals surface area contributed by atoms with E-state index in [2.05, 4.69) is 62.4 Å². The van der Waals surface area contributed by atoms with E-state index in [1.54, 1.807) is 19.0 Å². The number of rotatable bonds is 44. The minimum Gasteiger partial charge on any atom is -0.484 e. The average Bonchev–Trinajstić information content (AvgIpc) is 0.855. The summed E-state index contributed by atoms with van der Waals surface area (Å²) in [6.45, 7) is 3.38. The predicted molar refractivity (Wildman–Crippen MR) is 380 cm³/mol. The summed E-state index contributed by atoms with van der Waals surface area (Å²) in [6.07, 6.45) is 15.7. The molecule has 0 saturated carbocycles. The largest absolute Gasteiger partial charge is 0.484 e. The van der Waals surface area contributed by atoms with Crippen LogP contribution in [0.5, 0.6) is 5.75 Å². The summed E-state index contributed by atoms with van der Waals surface area (Å²) in [6, 6.07) is 21.1. The van der Waals surface area contributed by atoms with Crippen molar-refractivity contribution in [3.63, 3.8) is 0 Å². The highest BCUT2D eigenvalue weighted by Gasteiger charge is 2.52. The van der Waals surface area contributed by atoms with Crippen molar-refractivity contribution in [2.45, 2.75) is 158 Å². The Kier molecular flexibility index (Phi) is 29.9. The van der Waals surface area contributed by atoms with Crippen LogP contribution in [0.1, 0.15) is 174 Å². The second kappa shape index (κ2) is 38.8. The molecule has 0 unspecified atom stereocenters. The van der Waals surface area contributed by atoms with E-state index in [-0.39, 0.29) is 118 Å². The number of benzene rings is 4. The van der Waals surface area contributed by atoms with E-state index in [1.165, 1.54) is 35.0 Å². The molecule has 2 atom stereocenters. The molecule has 26 heteroatoms. The van der Waals surface area contributed by atoms with Crippen LogP contribution in [0.2, 0.25) is 0 Å². The Morgan fingerprint density at radius 3 is 1.54 bits per heavy atom. The molecule has 4 aliphatic rings. The highest BCUT2D eigenvalue weighted by atomic mass is 16.5. The van der Waals surface area contributed by atoms with Crippen molar-refractivity contribution in [1.82, 2.24) is 19.3 Å². The van der Waals surface area contributed by atoms with Crippen molar-refractivity contribution in [2.24, 2.45) is 29.4 Å². The maximum atomic E-state index is 14.6. The molecule has 2 bridgehead atoms. The van der Waals surface area contributed by atoms with Crippen LogP contribution in [0.4, 0.5) is 17.1 Å². The fourth-order valence-electron chi connectivity index (χ4n) is 13.6. The summed E-state index contributed by atoms with van der Waals surface area (Å²) in [7, 11) is 4.78. The SMILES string of the molecule is CN(CCOCCOCCOCCN(C)C(=O)[C@@H]1C[C@H](N=[N+]=[N-])CN1C(=O)COc1ccc2c(=O)oc(=O)n(C)c2c1)C(=O)CCC12c3cc(NC(=O)CCCCCCCN)ccc3C(c3ccc(NC(=O)CCCCCCCN)cc31)c1ccc(NC(=O)CCCCCCCN)cc12. The zero-order valence-electron chi connectivity index (χ0n) is 57.9. The molecule has 2 heterocycles. The van der Waals surface area contributed by atoms with E-state index in [9.17, 15) is 38.4 Å². The van der Waals surface area contributed by atoms with Gasteiger partial charge in [0.1, 0.15) is 11.8 Å². The van der Waals surface area contributed by atoms with Gasteiger partial charge in [-0.15, -0.1) is 0 Å². The van der Waals surface area contributed by atoms with Crippen LogP contribution in [-0.4, -0.2) is 166 Å². The van der Waals surface area contributed by atoms with Gasteiger partial charge >= 0.3 is 11.4 Å². The Bertz CT molecular complexity index is 3540. The Hall–Kier alpha value is -8.49. The van der Waals surface area contributed by atoms with Gasteiger partial charge in [0.15, 0.2) is 6.61 Å². The third-order valence-corrected chi connectivity index (χ3v) is 19.0. The molecule has 26 nitrogen and oxygen atoms in total. The molecule has 3 aliphatic carbocycles. The van der Waals surface area contributed by atoms with E-state index in [0.29, 0.717) is 68.9 Å². The monoisotopic (exact) mass is 1370 g/mol. The first-order valence-electron chi connectivity index (χ1n) is 35.3. The second-order valence-corrected chi connectivity index (χ2v) is 26.1. The third-order valence-electron chi connectivity index (χ3n) is 19.0. The number of ether oxygens (including phenoxy) is 4. The number of likely N-dealkylation sites (N-methyl/N-ethyl adjacent to an activating group) is 2. The number of carbonyl (C=O) groups excluding carboxylic acids is 6. The minimum atomic E-state index is -0.972. The zero-order valence-corrected chi connectivity index (χ0v) is 57.9. The van der Waals surface area contributed by atoms with Crippen molar-refractivity contribution in [3.05, 3.63) is 138 Å². The lowest BCUT2D eigenvalue weighted by Gasteiger charge is -2.51. The normalized spacial score (nSPS) is 16.3. The van der Waals surface area contributed by atoms with Gasteiger partial charge < -0.3 is 71.2 Å². The summed E-state index contributed by atoms with van der Waals surface area (Å²) in [5, 5.41) is 13.5. The molecule has 6 amide bonds. The highest BCUT2D eigenvalue weighted by molar-refractivity contribution is 5.94. The van der Waals surface area contributed by atoms with Crippen LogP contribution in [0.15, 0.2) is 91.9 Å². The summed E-state index contributed by atoms with van der Waals surface area (Å²) in [5.41, 5.74) is 32.7. The fraction of sp³-hybridized carbons (Fsp3) is 0.562. The van der Waals surface area contributed by atoms with Gasteiger partial charge in [0.2, 0.25) is 29.5 Å². The number of nitrogens with one attached hydrogen (secondary N) is 3. The average molecular weight is 1370 g/mol. The topological polar surface area (TPSA) is 364 Å². The smallest absolute Gasteiger partial charge is 0.422 e. The molecule has 1 aliphatic heterocycles. The molecule has 536 valence electrons. The molecule has 0 spiro atoms. The van der Waals surface area contributed by atoms with Gasteiger partial charge in [0.25, 0.3) is 5.91 Å². The Labute approximate surface area is 578 Å². The number of carbonyl (C=O) groups is 6. The Morgan fingerprint density at radius 2 is 1.06 bits per heavy atom. The first kappa shape index (κ1) is 76.3. The summed E-state index contributed by atoms with van der Waals surface area (Å²) in [5.74, 6) is -2.12. The number of hydrogen-bond acceptors (Lipinski definition) is 17. The van der Waals surface area contributed by atoms with E-state index < -0.39 is 41.4 Å². The number of aromatic nitrogens is 1. The lowest BCUT2D eigenvalue weighted by molar-refractivity contribution is -0.144. The molecule has 5 aromatic rings. The van der Waals surface area contributed by atoms with Crippen LogP contribution in [0, 0.1) is 0 Å². The lowest BCUT2D eigenvalue weighted by Crippen LogP contribution is -2.48. The van der Waals surface area contributed by atoms with Crippen molar-refractivity contribution in [3.8, 4) is 5.75 Å².